The van der Waals surface area contributed by atoms with E-state index in [4.69, 9.17) is 5.73 Å². The smallest absolute Gasteiger partial charge is 0.0893 e. The first-order chi connectivity index (χ1) is 14.1. The Bertz CT molecular complexity index is 951. The Morgan fingerprint density at radius 2 is 1.48 bits per heavy atom. The van der Waals surface area contributed by atoms with E-state index in [0.717, 1.165) is 33.8 Å². The van der Waals surface area contributed by atoms with Crippen molar-refractivity contribution < 1.29 is 10.2 Å². The van der Waals surface area contributed by atoms with Crippen molar-refractivity contribution in [1.29, 1.82) is 0 Å². The van der Waals surface area contributed by atoms with E-state index >= 15 is 0 Å². The fourth-order valence-electron chi connectivity index (χ4n) is 3.27. The van der Waals surface area contributed by atoms with Crippen LogP contribution in [0.15, 0.2) is 77.0 Å². The van der Waals surface area contributed by atoms with E-state index in [2.05, 4.69) is 10.2 Å². The van der Waals surface area contributed by atoms with Gasteiger partial charge in [-0.25, -0.2) is 0 Å². The van der Waals surface area contributed by atoms with Gasteiger partial charge in [-0.05, 0) is 54.4 Å². The zero-order chi connectivity index (χ0) is 20.6. The number of nitrogens with two attached hydrogens (primary N) is 1. The number of aliphatic hydroxyl groups excluding tert-OH is 2. The lowest BCUT2D eigenvalue weighted by molar-refractivity contribution is 0.281. The second kappa shape index (κ2) is 9.82. The molecule has 0 aliphatic carbocycles. The molecule has 6 heteroatoms. The minimum Gasteiger partial charge on any atom is -0.399 e. The Balaban J connectivity index is 2.10. The molecule has 0 aliphatic heterocycles. The number of aliphatic hydroxyl groups is 2. The van der Waals surface area contributed by atoms with Gasteiger partial charge in [-0.15, -0.1) is 0 Å². The molecule has 6 nitrogen and oxygen atoms in total. The van der Waals surface area contributed by atoms with Crippen molar-refractivity contribution in [2.24, 2.45) is 10.2 Å². The normalized spacial score (nSPS) is 11.1. The quantitative estimate of drug-likeness (QED) is 0.391. The summed E-state index contributed by atoms with van der Waals surface area (Å²) in [6, 6.07) is 21.1. The third kappa shape index (κ3) is 4.99. The van der Waals surface area contributed by atoms with E-state index in [1.54, 1.807) is 0 Å². The van der Waals surface area contributed by atoms with Crippen LogP contribution in [-0.2, 0) is 0 Å². The van der Waals surface area contributed by atoms with Gasteiger partial charge in [0, 0.05) is 30.0 Å². The highest BCUT2D eigenvalue weighted by atomic mass is 16.3. The Kier molecular flexibility index (Phi) is 6.94. The number of anilines is 2. The maximum Gasteiger partial charge on any atom is 0.0893 e. The van der Waals surface area contributed by atoms with Gasteiger partial charge in [0.15, 0.2) is 0 Å². The molecule has 0 spiro atoms. The second-order valence-corrected chi connectivity index (χ2v) is 6.70. The van der Waals surface area contributed by atoms with Crippen molar-refractivity contribution in [3.63, 3.8) is 0 Å². The summed E-state index contributed by atoms with van der Waals surface area (Å²) in [6.45, 7) is 2.84. The lowest BCUT2D eigenvalue weighted by Crippen LogP contribution is -2.30. The molecule has 0 unspecified atom stereocenters. The summed E-state index contributed by atoms with van der Waals surface area (Å²) in [4.78, 5) is 1.97. The van der Waals surface area contributed by atoms with Crippen LogP contribution in [0.5, 0.6) is 0 Å². The molecule has 3 aromatic rings. The first kappa shape index (κ1) is 20.5. The monoisotopic (exact) mass is 390 g/mol. The van der Waals surface area contributed by atoms with Crippen LogP contribution >= 0.6 is 0 Å². The zero-order valence-corrected chi connectivity index (χ0v) is 16.5. The maximum absolute atomic E-state index is 9.48. The fraction of sp³-hybridized carbons (Fsp3) is 0.217. The molecular weight excluding hydrogens is 364 g/mol. The molecule has 150 valence electrons. The minimum atomic E-state index is -0.00427. The maximum atomic E-state index is 9.48. The Hall–Kier alpha value is -3.22. The highest BCUT2D eigenvalue weighted by molar-refractivity contribution is 5.85. The molecule has 0 aliphatic rings. The number of hydrogen-bond donors (Lipinski definition) is 3. The summed E-state index contributed by atoms with van der Waals surface area (Å²) in [5.74, 6) is 0. The topological polar surface area (TPSA) is 94.4 Å². The van der Waals surface area contributed by atoms with Crippen molar-refractivity contribution in [3.05, 3.63) is 72.3 Å². The molecule has 0 aromatic heterocycles. The average Bonchev–Trinajstić information content (AvgIpc) is 2.74. The van der Waals surface area contributed by atoms with Gasteiger partial charge in [0.1, 0.15) is 0 Å². The standard InChI is InChI=1S/C23H26N4O2/c1-17-21(26-25-20-5-3-2-4-6-20)11-12-22(27(13-15-28)14-16-29)23(17)18-7-9-19(24)10-8-18/h2-12,28-29H,13-16,24H2,1H3. The van der Waals surface area contributed by atoms with Gasteiger partial charge < -0.3 is 20.8 Å². The van der Waals surface area contributed by atoms with E-state index < -0.39 is 0 Å². The molecule has 0 fully saturated rings. The van der Waals surface area contributed by atoms with Crippen LogP contribution in [-0.4, -0.2) is 36.5 Å². The SMILES string of the molecule is Cc1c(N=Nc2ccccc2)ccc(N(CCO)CCO)c1-c1ccc(N)cc1. The number of azo groups is 1. The van der Waals surface area contributed by atoms with Gasteiger partial charge >= 0.3 is 0 Å². The van der Waals surface area contributed by atoms with Gasteiger partial charge in [0.25, 0.3) is 0 Å². The lowest BCUT2D eigenvalue weighted by atomic mass is 9.96. The molecule has 3 rings (SSSR count). The third-order valence-electron chi connectivity index (χ3n) is 4.72. The Morgan fingerprint density at radius 1 is 0.828 bits per heavy atom. The van der Waals surface area contributed by atoms with Gasteiger partial charge in [0.2, 0.25) is 0 Å². The molecule has 0 atom stereocenters. The largest absolute Gasteiger partial charge is 0.399 e. The van der Waals surface area contributed by atoms with Crippen LogP contribution < -0.4 is 10.6 Å². The number of hydrogen-bond acceptors (Lipinski definition) is 6. The predicted molar refractivity (Wildman–Crippen MR) is 118 cm³/mol. The van der Waals surface area contributed by atoms with Crippen molar-refractivity contribution in [3.8, 4) is 11.1 Å². The molecular formula is C23H26N4O2. The van der Waals surface area contributed by atoms with E-state index in [1.807, 2.05) is 78.6 Å². The summed E-state index contributed by atoms with van der Waals surface area (Å²) in [6.07, 6.45) is 0. The first-order valence-corrected chi connectivity index (χ1v) is 9.57. The molecule has 4 N–H and O–H groups in total. The number of rotatable bonds is 8. The second-order valence-electron chi connectivity index (χ2n) is 6.70. The van der Waals surface area contributed by atoms with Crippen molar-refractivity contribution in [2.45, 2.75) is 6.92 Å². The molecule has 0 heterocycles. The number of nitrogen functional groups attached to an aromatic ring is 1. The molecule has 29 heavy (non-hydrogen) atoms. The highest BCUT2D eigenvalue weighted by Crippen LogP contribution is 2.39. The molecule has 0 radical (unpaired) electrons. The Morgan fingerprint density at radius 3 is 2.10 bits per heavy atom. The predicted octanol–water partition coefficient (Wildman–Crippen LogP) is 4.45. The van der Waals surface area contributed by atoms with Crippen LogP contribution in [0.25, 0.3) is 11.1 Å². The van der Waals surface area contributed by atoms with Gasteiger partial charge in [-0.3, -0.25) is 0 Å². The summed E-state index contributed by atoms with van der Waals surface area (Å²) in [5.41, 5.74) is 12.0. The minimum absolute atomic E-state index is 0.00427. The van der Waals surface area contributed by atoms with Crippen molar-refractivity contribution in [2.75, 3.05) is 36.9 Å². The van der Waals surface area contributed by atoms with E-state index in [1.165, 1.54) is 0 Å². The van der Waals surface area contributed by atoms with Crippen LogP contribution in [0.4, 0.5) is 22.7 Å². The Labute approximate surface area is 171 Å². The average molecular weight is 390 g/mol. The van der Waals surface area contributed by atoms with E-state index in [0.29, 0.717) is 18.8 Å². The van der Waals surface area contributed by atoms with Crippen LogP contribution in [0.1, 0.15) is 5.56 Å². The van der Waals surface area contributed by atoms with E-state index in [9.17, 15) is 10.2 Å². The molecule has 0 saturated carbocycles. The van der Waals surface area contributed by atoms with Crippen LogP contribution in [0.2, 0.25) is 0 Å². The summed E-state index contributed by atoms with van der Waals surface area (Å²) < 4.78 is 0. The molecule has 3 aromatic carbocycles. The van der Waals surface area contributed by atoms with Gasteiger partial charge in [-0.2, -0.15) is 10.2 Å². The lowest BCUT2D eigenvalue weighted by Gasteiger charge is -2.27. The van der Waals surface area contributed by atoms with Crippen molar-refractivity contribution >= 4 is 22.7 Å². The van der Waals surface area contributed by atoms with Crippen LogP contribution in [0, 0.1) is 6.92 Å². The highest BCUT2D eigenvalue weighted by Gasteiger charge is 2.17. The van der Waals surface area contributed by atoms with Gasteiger partial charge in [-0.1, -0.05) is 30.3 Å². The van der Waals surface area contributed by atoms with Gasteiger partial charge in [0.05, 0.1) is 24.6 Å². The zero-order valence-electron chi connectivity index (χ0n) is 16.5. The molecule has 0 amide bonds. The fourth-order valence-corrected chi connectivity index (χ4v) is 3.27. The third-order valence-corrected chi connectivity index (χ3v) is 4.72. The molecule has 0 bridgehead atoms. The van der Waals surface area contributed by atoms with Crippen LogP contribution in [0.3, 0.4) is 0 Å². The van der Waals surface area contributed by atoms with Crippen molar-refractivity contribution in [1.82, 2.24) is 0 Å². The summed E-state index contributed by atoms with van der Waals surface area (Å²) >= 11 is 0. The number of nitrogens with zero attached hydrogens (tertiary/aromatic N) is 3. The van der Waals surface area contributed by atoms with E-state index in [-0.39, 0.29) is 13.2 Å². The first-order valence-electron chi connectivity index (χ1n) is 9.57. The number of benzene rings is 3. The summed E-state index contributed by atoms with van der Waals surface area (Å²) in [5, 5.41) is 27.8. The summed E-state index contributed by atoms with van der Waals surface area (Å²) in [7, 11) is 0. The molecule has 0 saturated heterocycles.